The molecule has 0 bridgehead atoms. The maximum Gasteiger partial charge on any atom is 0.126 e. The van der Waals surface area contributed by atoms with E-state index in [-0.39, 0.29) is 11.9 Å². The van der Waals surface area contributed by atoms with Crippen LogP contribution in [0, 0.1) is 12.7 Å². The van der Waals surface area contributed by atoms with Crippen LogP contribution < -0.4 is 5.73 Å². The summed E-state index contributed by atoms with van der Waals surface area (Å²) in [5.74, 6) is -0.208. The highest BCUT2D eigenvalue weighted by Gasteiger charge is 2.14. The Morgan fingerprint density at radius 3 is 2.53 bits per heavy atom. The van der Waals surface area contributed by atoms with Crippen molar-refractivity contribution in [1.82, 2.24) is 0 Å². The third-order valence-corrected chi connectivity index (χ3v) is 4.62. The van der Waals surface area contributed by atoms with Crippen molar-refractivity contribution in [1.29, 1.82) is 0 Å². The van der Waals surface area contributed by atoms with Crippen molar-refractivity contribution < 1.29 is 4.39 Å². The van der Waals surface area contributed by atoms with Gasteiger partial charge >= 0.3 is 0 Å². The van der Waals surface area contributed by atoms with Crippen molar-refractivity contribution in [2.24, 2.45) is 5.73 Å². The molecular weight excluding hydrogens is 373 g/mol. The number of nitrogens with two attached hydrogens (primary N) is 1. The van der Waals surface area contributed by atoms with Gasteiger partial charge in [-0.3, -0.25) is 0 Å². The van der Waals surface area contributed by atoms with Gasteiger partial charge in [-0.1, -0.05) is 50.1 Å². The van der Waals surface area contributed by atoms with Crippen molar-refractivity contribution in [2.45, 2.75) is 19.4 Å². The number of hydrogen-bond donors (Lipinski definition) is 1. The predicted octanol–water partition coefficient (Wildman–Crippen LogP) is 4.90. The zero-order chi connectivity index (χ0) is 14.0. The molecular formula is C15H14Br2FN. The van der Waals surface area contributed by atoms with E-state index in [1.54, 1.807) is 12.1 Å². The SMILES string of the molecule is Cc1cc(Br)c(C(N)Cc2ccccc2F)cc1Br. The smallest absolute Gasteiger partial charge is 0.126 e. The third kappa shape index (κ3) is 3.44. The molecule has 1 unspecified atom stereocenters. The lowest BCUT2D eigenvalue weighted by molar-refractivity contribution is 0.593. The minimum Gasteiger partial charge on any atom is -0.324 e. The second-order valence-electron chi connectivity index (χ2n) is 4.52. The first kappa shape index (κ1) is 14.7. The molecule has 2 N–H and O–H groups in total. The first-order valence-corrected chi connectivity index (χ1v) is 7.52. The van der Waals surface area contributed by atoms with Gasteiger partial charge in [0.1, 0.15) is 5.82 Å². The van der Waals surface area contributed by atoms with E-state index in [2.05, 4.69) is 31.9 Å². The molecule has 0 aliphatic carbocycles. The van der Waals surface area contributed by atoms with Gasteiger partial charge < -0.3 is 5.73 Å². The Morgan fingerprint density at radius 1 is 1.16 bits per heavy atom. The molecule has 0 radical (unpaired) electrons. The molecule has 0 amide bonds. The van der Waals surface area contributed by atoms with Crippen molar-refractivity contribution in [2.75, 3.05) is 0 Å². The molecule has 2 aromatic rings. The maximum atomic E-state index is 13.6. The predicted molar refractivity (Wildman–Crippen MR) is 83.6 cm³/mol. The molecule has 0 aromatic heterocycles. The molecule has 0 heterocycles. The quantitative estimate of drug-likeness (QED) is 0.797. The molecule has 0 aliphatic rings. The van der Waals surface area contributed by atoms with Crippen LogP contribution in [0.2, 0.25) is 0 Å². The summed E-state index contributed by atoms with van der Waals surface area (Å²) in [7, 11) is 0. The molecule has 1 nitrogen and oxygen atoms in total. The monoisotopic (exact) mass is 385 g/mol. The van der Waals surface area contributed by atoms with Crippen LogP contribution in [0.3, 0.4) is 0 Å². The van der Waals surface area contributed by atoms with Crippen LogP contribution in [-0.2, 0) is 6.42 Å². The molecule has 2 rings (SSSR count). The van der Waals surface area contributed by atoms with Crippen LogP contribution in [0.25, 0.3) is 0 Å². The Balaban J connectivity index is 2.28. The summed E-state index contributed by atoms with van der Waals surface area (Å²) in [6.07, 6.45) is 0.473. The van der Waals surface area contributed by atoms with Gasteiger partial charge in [0.2, 0.25) is 0 Å². The fourth-order valence-electron chi connectivity index (χ4n) is 1.96. The number of halogens is 3. The van der Waals surface area contributed by atoms with E-state index in [1.807, 2.05) is 25.1 Å². The topological polar surface area (TPSA) is 26.0 Å². The molecule has 19 heavy (non-hydrogen) atoms. The van der Waals surface area contributed by atoms with Crippen molar-refractivity contribution in [3.05, 3.63) is 67.9 Å². The van der Waals surface area contributed by atoms with Crippen LogP contribution in [-0.4, -0.2) is 0 Å². The fourth-order valence-corrected chi connectivity index (χ4v) is 3.07. The Hall–Kier alpha value is -0.710. The Bertz CT molecular complexity index is 599. The van der Waals surface area contributed by atoms with Gasteiger partial charge in [0.05, 0.1) is 0 Å². The van der Waals surface area contributed by atoms with Gasteiger partial charge in [0, 0.05) is 15.0 Å². The van der Waals surface area contributed by atoms with E-state index >= 15 is 0 Å². The molecule has 0 saturated carbocycles. The number of aryl methyl sites for hydroxylation is 1. The summed E-state index contributed by atoms with van der Waals surface area (Å²) in [4.78, 5) is 0. The lowest BCUT2D eigenvalue weighted by Crippen LogP contribution is -2.15. The van der Waals surface area contributed by atoms with Gasteiger partial charge in [-0.15, -0.1) is 0 Å². The largest absolute Gasteiger partial charge is 0.324 e. The summed E-state index contributed by atoms with van der Waals surface area (Å²) in [5.41, 5.74) is 8.94. The average molecular weight is 387 g/mol. The fraction of sp³-hybridized carbons (Fsp3) is 0.200. The van der Waals surface area contributed by atoms with Crippen molar-refractivity contribution >= 4 is 31.9 Å². The molecule has 100 valence electrons. The van der Waals surface area contributed by atoms with E-state index in [0.29, 0.717) is 12.0 Å². The van der Waals surface area contributed by atoms with Crippen LogP contribution in [0.4, 0.5) is 4.39 Å². The zero-order valence-corrected chi connectivity index (χ0v) is 13.6. The Morgan fingerprint density at radius 2 is 1.84 bits per heavy atom. The summed E-state index contributed by atoms with van der Waals surface area (Å²) >= 11 is 7.02. The molecule has 4 heteroatoms. The van der Waals surface area contributed by atoms with Crippen LogP contribution in [0.15, 0.2) is 45.3 Å². The summed E-state index contributed by atoms with van der Waals surface area (Å²) in [5, 5.41) is 0. The van der Waals surface area contributed by atoms with E-state index in [1.165, 1.54) is 6.07 Å². The summed E-state index contributed by atoms with van der Waals surface area (Å²) in [6.45, 7) is 2.01. The van der Waals surface area contributed by atoms with Crippen molar-refractivity contribution in [3.8, 4) is 0 Å². The lowest BCUT2D eigenvalue weighted by Gasteiger charge is -2.16. The molecule has 0 saturated heterocycles. The normalized spacial score (nSPS) is 12.5. The second-order valence-corrected chi connectivity index (χ2v) is 6.23. The molecule has 0 spiro atoms. The number of rotatable bonds is 3. The van der Waals surface area contributed by atoms with Gasteiger partial charge in [-0.2, -0.15) is 0 Å². The number of benzene rings is 2. The van der Waals surface area contributed by atoms with Gasteiger partial charge in [0.15, 0.2) is 0 Å². The van der Waals surface area contributed by atoms with Gasteiger partial charge in [-0.25, -0.2) is 4.39 Å². The first-order valence-electron chi connectivity index (χ1n) is 5.93. The highest BCUT2D eigenvalue weighted by molar-refractivity contribution is 9.11. The van der Waals surface area contributed by atoms with Gasteiger partial charge in [-0.05, 0) is 48.2 Å². The molecule has 2 aromatic carbocycles. The van der Waals surface area contributed by atoms with Crippen molar-refractivity contribution in [3.63, 3.8) is 0 Å². The minimum absolute atomic E-state index is 0.208. The highest BCUT2D eigenvalue weighted by atomic mass is 79.9. The lowest BCUT2D eigenvalue weighted by atomic mass is 9.98. The molecule has 1 atom stereocenters. The van der Waals surface area contributed by atoms with E-state index in [4.69, 9.17) is 5.73 Å². The summed E-state index contributed by atoms with van der Waals surface area (Å²) < 4.78 is 15.6. The average Bonchev–Trinajstić information content (AvgIpc) is 2.36. The Labute approximate surface area is 129 Å². The van der Waals surface area contributed by atoms with E-state index < -0.39 is 0 Å². The zero-order valence-electron chi connectivity index (χ0n) is 10.5. The Kier molecular flexibility index (Phi) is 4.76. The first-order chi connectivity index (χ1) is 8.99. The minimum atomic E-state index is -0.247. The summed E-state index contributed by atoms with van der Waals surface area (Å²) in [6, 6.07) is 10.5. The van der Waals surface area contributed by atoms with Gasteiger partial charge in [0.25, 0.3) is 0 Å². The maximum absolute atomic E-state index is 13.6. The van der Waals surface area contributed by atoms with Crippen LogP contribution in [0.1, 0.15) is 22.7 Å². The second kappa shape index (κ2) is 6.16. The van der Waals surface area contributed by atoms with Crippen LogP contribution >= 0.6 is 31.9 Å². The number of hydrogen-bond acceptors (Lipinski definition) is 1. The van der Waals surface area contributed by atoms with E-state index in [9.17, 15) is 4.39 Å². The third-order valence-electron chi connectivity index (χ3n) is 3.08. The molecule has 0 fully saturated rings. The molecule has 0 aliphatic heterocycles. The van der Waals surface area contributed by atoms with E-state index in [0.717, 1.165) is 20.1 Å². The highest BCUT2D eigenvalue weighted by Crippen LogP contribution is 2.30. The van der Waals surface area contributed by atoms with Crippen LogP contribution in [0.5, 0.6) is 0 Å². The standard InChI is InChI=1S/C15H14Br2FN/c1-9-6-13(17)11(8-12(9)16)15(19)7-10-4-2-3-5-14(10)18/h2-6,8,15H,7,19H2,1H3.